The van der Waals surface area contributed by atoms with Crippen LogP contribution in [-0.4, -0.2) is 11.6 Å². The Kier molecular flexibility index (Phi) is 4.32. The van der Waals surface area contributed by atoms with E-state index in [1.807, 2.05) is 0 Å². The molecule has 0 aliphatic heterocycles. The highest BCUT2D eigenvalue weighted by Crippen LogP contribution is 2.66. The van der Waals surface area contributed by atoms with Gasteiger partial charge >= 0.3 is 0 Å². The molecule has 4 rings (SSSR count). The van der Waals surface area contributed by atoms with Crippen LogP contribution in [0.4, 0.5) is 0 Å². The van der Waals surface area contributed by atoms with Gasteiger partial charge in [-0.05, 0) is 86.0 Å². The van der Waals surface area contributed by atoms with Crippen LogP contribution in [0.2, 0.25) is 0 Å². The summed E-state index contributed by atoms with van der Waals surface area (Å²) in [5, 5.41) is 0. The van der Waals surface area contributed by atoms with Crippen molar-refractivity contribution in [3.8, 4) is 0 Å². The molecule has 0 bridgehead atoms. The molecule has 3 unspecified atom stereocenters. The largest absolute Gasteiger partial charge is 0.295 e. The van der Waals surface area contributed by atoms with E-state index in [4.69, 9.17) is 0 Å². The van der Waals surface area contributed by atoms with Crippen molar-refractivity contribution in [1.82, 2.24) is 0 Å². The number of ketones is 2. The minimum atomic E-state index is -0.0539. The predicted molar refractivity (Wildman–Crippen MR) is 105 cm³/mol. The van der Waals surface area contributed by atoms with E-state index in [2.05, 4.69) is 33.8 Å². The van der Waals surface area contributed by atoms with Crippen molar-refractivity contribution in [2.45, 2.75) is 79.1 Å². The number of allylic oxidation sites excluding steroid dienone is 3. The molecule has 0 heterocycles. The third-order valence-corrected chi connectivity index (χ3v) is 8.86. The Bertz CT molecular complexity index is 699. The van der Waals surface area contributed by atoms with Crippen LogP contribution in [0, 0.1) is 34.5 Å². The van der Waals surface area contributed by atoms with Crippen LogP contribution in [0.5, 0.6) is 0 Å². The molecule has 0 amide bonds. The first-order valence-electron chi connectivity index (χ1n) is 10.8. The summed E-state index contributed by atoms with van der Waals surface area (Å²) < 4.78 is 0. The predicted octanol–water partition coefficient (Wildman–Crippen LogP) is 5.67. The lowest BCUT2D eigenvalue weighted by Crippen LogP contribution is -2.52. The summed E-state index contributed by atoms with van der Waals surface area (Å²) in [6.45, 7) is 9.36. The minimum Gasteiger partial charge on any atom is -0.295 e. The van der Waals surface area contributed by atoms with E-state index in [1.165, 1.54) is 25.7 Å². The number of rotatable bonds is 2. The lowest BCUT2D eigenvalue weighted by molar-refractivity contribution is -0.131. The van der Waals surface area contributed by atoms with Crippen LogP contribution in [0.3, 0.4) is 0 Å². The molecule has 6 atom stereocenters. The van der Waals surface area contributed by atoms with Gasteiger partial charge in [-0.15, -0.1) is 0 Å². The Hall–Kier alpha value is -1.18. The Morgan fingerprint density at radius 1 is 1.15 bits per heavy atom. The number of hydrogen-bond acceptors (Lipinski definition) is 2. The molecule has 0 N–H and O–H groups in total. The zero-order chi connectivity index (χ0) is 18.7. The molecule has 4 aliphatic rings. The number of fused-ring (bicyclic) bond motifs is 5. The first kappa shape index (κ1) is 18.2. The average molecular weight is 355 g/mol. The molecule has 142 valence electrons. The second-order valence-corrected chi connectivity index (χ2v) is 9.98. The third kappa shape index (κ3) is 2.43. The number of Topliss-reactive ketones (excluding diaryl/α,β-unsaturated/α-hetero) is 1. The Morgan fingerprint density at radius 2 is 1.92 bits per heavy atom. The van der Waals surface area contributed by atoms with Crippen molar-refractivity contribution in [2.24, 2.45) is 34.5 Å². The van der Waals surface area contributed by atoms with Gasteiger partial charge in [0.1, 0.15) is 0 Å². The maximum absolute atomic E-state index is 13.0. The third-order valence-electron chi connectivity index (χ3n) is 8.86. The van der Waals surface area contributed by atoms with Crippen LogP contribution in [0.15, 0.2) is 23.3 Å². The van der Waals surface area contributed by atoms with Crippen molar-refractivity contribution in [1.29, 1.82) is 0 Å². The average Bonchev–Trinajstić information content (AvgIpc) is 2.94. The van der Waals surface area contributed by atoms with Crippen molar-refractivity contribution in [3.63, 3.8) is 0 Å². The molecule has 0 aromatic heterocycles. The van der Waals surface area contributed by atoms with Gasteiger partial charge in [-0.1, -0.05) is 32.4 Å². The van der Waals surface area contributed by atoms with E-state index in [0.29, 0.717) is 41.9 Å². The molecule has 0 spiro atoms. The van der Waals surface area contributed by atoms with Crippen LogP contribution in [0.1, 0.15) is 79.1 Å². The van der Waals surface area contributed by atoms with Gasteiger partial charge in [0.25, 0.3) is 0 Å². The molecular weight excluding hydrogens is 320 g/mol. The summed E-state index contributed by atoms with van der Waals surface area (Å²) >= 11 is 0. The summed E-state index contributed by atoms with van der Waals surface area (Å²) in [7, 11) is 0. The second-order valence-electron chi connectivity index (χ2n) is 9.98. The molecule has 26 heavy (non-hydrogen) atoms. The van der Waals surface area contributed by atoms with Gasteiger partial charge in [0.2, 0.25) is 0 Å². The van der Waals surface area contributed by atoms with Gasteiger partial charge in [-0.3, -0.25) is 9.59 Å². The van der Waals surface area contributed by atoms with E-state index in [1.54, 1.807) is 11.6 Å². The summed E-state index contributed by atoms with van der Waals surface area (Å²) in [5.41, 5.74) is 2.75. The Balaban J connectivity index is 1.68. The summed E-state index contributed by atoms with van der Waals surface area (Å²) in [4.78, 5) is 25.0. The topological polar surface area (TPSA) is 34.1 Å². The smallest absolute Gasteiger partial charge is 0.159 e. The van der Waals surface area contributed by atoms with E-state index < -0.39 is 0 Å². The molecular formula is C24H34O2. The van der Waals surface area contributed by atoms with Gasteiger partial charge in [-0.25, -0.2) is 0 Å². The van der Waals surface area contributed by atoms with Crippen molar-refractivity contribution in [2.75, 3.05) is 0 Å². The van der Waals surface area contributed by atoms with Gasteiger partial charge in [0, 0.05) is 18.4 Å². The zero-order valence-corrected chi connectivity index (χ0v) is 16.9. The molecule has 0 saturated heterocycles. The lowest BCUT2D eigenvalue weighted by atomic mass is 9.46. The molecule has 3 fully saturated rings. The fourth-order valence-corrected chi connectivity index (χ4v) is 7.60. The molecule has 2 heteroatoms. The minimum absolute atomic E-state index is 0.0539. The molecule has 2 nitrogen and oxygen atoms in total. The van der Waals surface area contributed by atoms with E-state index in [0.717, 1.165) is 18.4 Å². The first-order chi connectivity index (χ1) is 12.3. The Morgan fingerprint density at radius 3 is 2.65 bits per heavy atom. The number of carbonyl (C=O) groups is 2. The fraction of sp³-hybridized carbons (Fsp3) is 0.750. The quantitative estimate of drug-likeness (QED) is 0.599. The zero-order valence-electron chi connectivity index (χ0n) is 16.9. The van der Waals surface area contributed by atoms with Crippen LogP contribution in [0.25, 0.3) is 0 Å². The fourth-order valence-electron chi connectivity index (χ4n) is 7.60. The van der Waals surface area contributed by atoms with Crippen LogP contribution >= 0.6 is 0 Å². The van der Waals surface area contributed by atoms with Crippen LogP contribution < -0.4 is 0 Å². The van der Waals surface area contributed by atoms with E-state index in [9.17, 15) is 9.59 Å². The molecule has 0 radical (unpaired) electrons. The highest BCUT2D eigenvalue weighted by Gasteiger charge is 2.60. The Labute approximate surface area is 158 Å². The normalized spacial score (nSPS) is 45.7. The van der Waals surface area contributed by atoms with E-state index in [-0.39, 0.29) is 17.0 Å². The summed E-state index contributed by atoms with van der Waals surface area (Å²) in [6, 6.07) is 0. The number of carbonyl (C=O) groups excluding carboxylic acids is 2. The molecule has 0 aromatic rings. The molecule has 0 aromatic carbocycles. The monoisotopic (exact) mass is 354 g/mol. The SMILES string of the molecule is CC/C=C(\C)[C@H]1CCC2C3CC(=O)C4=CC(=O)CC[C@]4(C)C3CC[C@@]21C. The summed E-state index contributed by atoms with van der Waals surface area (Å²) in [6.07, 6.45) is 12.5. The summed E-state index contributed by atoms with van der Waals surface area (Å²) in [5.74, 6) is 2.91. The standard InChI is InChI=1S/C24H34O2/c1-5-6-15(2)18-7-8-19-17-14-22(26)21-13-16(25)9-11-24(21,4)20(17)10-12-23(18,19)3/h6,13,17-20H,5,7-12,14H2,1-4H3/b15-6+/t17?,18-,19?,20?,23-,24-/m1/s1. The van der Waals surface area contributed by atoms with Crippen molar-refractivity contribution >= 4 is 11.6 Å². The maximum atomic E-state index is 13.0. The first-order valence-corrected chi connectivity index (χ1v) is 10.8. The highest BCUT2D eigenvalue weighted by atomic mass is 16.1. The molecule has 3 saturated carbocycles. The van der Waals surface area contributed by atoms with E-state index >= 15 is 0 Å². The van der Waals surface area contributed by atoms with Gasteiger partial charge in [0.15, 0.2) is 11.6 Å². The van der Waals surface area contributed by atoms with Crippen molar-refractivity contribution in [3.05, 3.63) is 23.3 Å². The highest BCUT2D eigenvalue weighted by molar-refractivity contribution is 6.05. The van der Waals surface area contributed by atoms with Gasteiger partial charge < -0.3 is 0 Å². The second kappa shape index (κ2) is 6.17. The van der Waals surface area contributed by atoms with Gasteiger partial charge in [-0.2, -0.15) is 0 Å². The lowest BCUT2D eigenvalue weighted by Gasteiger charge is -2.57. The van der Waals surface area contributed by atoms with Crippen LogP contribution in [-0.2, 0) is 9.59 Å². The maximum Gasteiger partial charge on any atom is 0.159 e. The van der Waals surface area contributed by atoms with Gasteiger partial charge in [0.05, 0.1) is 0 Å². The van der Waals surface area contributed by atoms with Crippen molar-refractivity contribution < 1.29 is 9.59 Å². The number of hydrogen-bond donors (Lipinski definition) is 0. The molecule has 4 aliphatic carbocycles.